The molecule has 0 saturated carbocycles. The molecule has 0 saturated heterocycles. The molecule has 164 valence electrons. The number of phenolic OH excluding ortho intramolecular Hbond substituents is 1. The maximum Gasteiger partial charge on any atom is 0.142 e. The molecule has 4 rings (SSSR count). The predicted octanol–water partition coefficient (Wildman–Crippen LogP) is 5.66. The van der Waals surface area contributed by atoms with Crippen molar-refractivity contribution in [2.24, 2.45) is 4.99 Å². The lowest BCUT2D eigenvalue weighted by atomic mass is 9.79. The highest BCUT2D eigenvalue weighted by Crippen LogP contribution is 2.41. The Bertz CT molecular complexity index is 1190. The third-order valence-corrected chi connectivity index (χ3v) is 5.88. The third-order valence-electron chi connectivity index (χ3n) is 5.88. The van der Waals surface area contributed by atoms with E-state index in [0.29, 0.717) is 11.6 Å². The molecular weight excluding hydrogens is 384 g/mol. The number of aromatic nitrogens is 2. The van der Waals surface area contributed by atoms with Gasteiger partial charge in [-0.25, -0.2) is 4.98 Å². The topological polar surface area (TPSA) is 73.3 Å². The van der Waals surface area contributed by atoms with Crippen molar-refractivity contribution in [3.05, 3.63) is 47.0 Å². The van der Waals surface area contributed by atoms with Crippen molar-refractivity contribution in [2.45, 2.75) is 71.8 Å². The van der Waals surface area contributed by atoms with Gasteiger partial charge in [0.15, 0.2) is 0 Å². The molecule has 0 atom stereocenters. The Morgan fingerprint density at radius 1 is 0.968 bits per heavy atom. The zero-order valence-electron chi connectivity index (χ0n) is 19.9. The SMILES string of the molecule is CC1(C)CN=C(c2ccc3nc(-c4cc(C(C)(C)C)cc(C(C)(C)C)c4O)[nH]c3c2)N1. The number of hydrogen-bond acceptors (Lipinski definition) is 4. The molecule has 0 spiro atoms. The van der Waals surface area contributed by atoms with Crippen LogP contribution in [0.15, 0.2) is 35.3 Å². The molecule has 0 radical (unpaired) electrons. The molecule has 3 aromatic rings. The standard InChI is InChI=1S/C26H34N4O/c1-24(2,3)16-12-17(21(31)18(13-16)25(4,5)6)23-28-19-10-9-15(11-20(19)29-23)22-27-14-26(7,8)30-22/h9-13,31H,14H2,1-8H3,(H,27,30)(H,28,29). The van der Waals surface area contributed by atoms with Crippen LogP contribution in [0.1, 0.15) is 72.1 Å². The summed E-state index contributed by atoms with van der Waals surface area (Å²) in [5, 5.41) is 14.7. The number of rotatable bonds is 2. The number of phenols is 1. The molecule has 0 aliphatic carbocycles. The molecule has 1 aliphatic heterocycles. The summed E-state index contributed by atoms with van der Waals surface area (Å²) in [6, 6.07) is 10.3. The van der Waals surface area contributed by atoms with Gasteiger partial charge in [0, 0.05) is 11.1 Å². The summed E-state index contributed by atoms with van der Waals surface area (Å²) < 4.78 is 0. The van der Waals surface area contributed by atoms with Gasteiger partial charge in [0.25, 0.3) is 0 Å². The monoisotopic (exact) mass is 418 g/mol. The highest BCUT2D eigenvalue weighted by atomic mass is 16.3. The second kappa shape index (κ2) is 6.84. The van der Waals surface area contributed by atoms with E-state index in [0.717, 1.165) is 40.1 Å². The van der Waals surface area contributed by atoms with E-state index in [2.05, 4.69) is 88.9 Å². The predicted molar refractivity (Wildman–Crippen MR) is 129 cm³/mol. The Kier molecular flexibility index (Phi) is 4.73. The molecular formula is C26H34N4O. The molecule has 0 amide bonds. The fourth-order valence-electron chi connectivity index (χ4n) is 3.94. The maximum absolute atomic E-state index is 11.2. The van der Waals surface area contributed by atoms with Crippen LogP contribution in [0.5, 0.6) is 5.75 Å². The first-order valence-electron chi connectivity index (χ1n) is 11.0. The average Bonchev–Trinajstić information content (AvgIpc) is 3.21. The first-order valence-corrected chi connectivity index (χ1v) is 11.0. The van der Waals surface area contributed by atoms with E-state index in [1.54, 1.807) is 0 Å². The molecule has 5 heteroatoms. The van der Waals surface area contributed by atoms with Gasteiger partial charge in [-0.05, 0) is 54.5 Å². The minimum atomic E-state index is -0.182. The Balaban J connectivity index is 1.83. The molecule has 2 heterocycles. The normalized spacial score (nSPS) is 16.5. The van der Waals surface area contributed by atoms with E-state index < -0.39 is 0 Å². The van der Waals surface area contributed by atoms with Gasteiger partial charge >= 0.3 is 0 Å². The lowest BCUT2D eigenvalue weighted by molar-refractivity contribution is 0.446. The summed E-state index contributed by atoms with van der Waals surface area (Å²) in [5.41, 5.74) is 5.45. The first kappa shape index (κ1) is 21.4. The minimum absolute atomic E-state index is 0.0218. The van der Waals surface area contributed by atoms with Gasteiger partial charge in [0.05, 0.1) is 28.7 Å². The summed E-state index contributed by atoms with van der Waals surface area (Å²) in [6.45, 7) is 18.0. The van der Waals surface area contributed by atoms with E-state index in [4.69, 9.17) is 4.98 Å². The minimum Gasteiger partial charge on any atom is -0.507 e. The van der Waals surface area contributed by atoms with Crippen LogP contribution in [0.3, 0.4) is 0 Å². The van der Waals surface area contributed by atoms with Gasteiger partial charge in [-0.15, -0.1) is 0 Å². The van der Waals surface area contributed by atoms with Crippen molar-refractivity contribution in [3.63, 3.8) is 0 Å². The maximum atomic E-state index is 11.2. The third kappa shape index (κ3) is 4.06. The number of aromatic amines is 1. The number of imidazole rings is 1. The van der Waals surface area contributed by atoms with Crippen LogP contribution in [-0.2, 0) is 10.8 Å². The summed E-state index contributed by atoms with van der Waals surface area (Å²) in [6.07, 6.45) is 0. The van der Waals surface area contributed by atoms with E-state index in [1.807, 2.05) is 12.1 Å². The Hall–Kier alpha value is -2.82. The quantitative estimate of drug-likeness (QED) is 0.503. The van der Waals surface area contributed by atoms with Crippen LogP contribution < -0.4 is 5.32 Å². The van der Waals surface area contributed by atoms with Crippen LogP contribution >= 0.6 is 0 Å². The fourth-order valence-corrected chi connectivity index (χ4v) is 3.94. The largest absolute Gasteiger partial charge is 0.507 e. The van der Waals surface area contributed by atoms with E-state index in [1.165, 1.54) is 5.56 Å². The highest BCUT2D eigenvalue weighted by Gasteiger charge is 2.27. The van der Waals surface area contributed by atoms with Gasteiger partial charge in [0.2, 0.25) is 0 Å². The van der Waals surface area contributed by atoms with Gasteiger partial charge in [-0.2, -0.15) is 0 Å². The smallest absolute Gasteiger partial charge is 0.142 e. The molecule has 0 fully saturated rings. The number of aromatic hydroxyl groups is 1. The average molecular weight is 419 g/mol. The van der Waals surface area contributed by atoms with Gasteiger partial charge in [0.1, 0.15) is 17.4 Å². The van der Waals surface area contributed by atoms with Crippen molar-refractivity contribution in [2.75, 3.05) is 6.54 Å². The number of aliphatic imine (C=N–C) groups is 1. The lowest BCUT2D eigenvalue weighted by Crippen LogP contribution is -2.39. The number of amidine groups is 1. The van der Waals surface area contributed by atoms with Crippen LogP contribution in [0.2, 0.25) is 0 Å². The van der Waals surface area contributed by atoms with E-state index >= 15 is 0 Å². The molecule has 5 nitrogen and oxygen atoms in total. The van der Waals surface area contributed by atoms with Gasteiger partial charge < -0.3 is 15.4 Å². The number of nitrogens with one attached hydrogen (secondary N) is 2. The van der Waals surface area contributed by atoms with Crippen LogP contribution in [-0.4, -0.2) is 33.0 Å². The van der Waals surface area contributed by atoms with Crippen molar-refractivity contribution in [1.82, 2.24) is 15.3 Å². The fraction of sp³-hybridized carbons (Fsp3) is 0.462. The molecule has 2 aromatic carbocycles. The number of fused-ring (bicyclic) bond motifs is 1. The first-order chi connectivity index (χ1) is 14.2. The zero-order valence-corrected chi connectivity index (χ0v) is 19.9. The Labute approximate surface area is 185 Å². The Morgan fingerprint density at radius 3 is 2.26 bits per heavy atom. The van der Waals surface area contributed by atoms with Crippen LogP contribution in [0, 0.1) is 0 Å². The van der Waals surface area contributed by atoms with Crippen molar-refractivity contribution in [3.8, 4) is 17.1 Å². The van der Waals surface area contributed by atoms with Gasteiger partial charge in [-0.1, -0.05) is 47.6 Å². The second-order valence-corrected chi connectivity index (χ2v) is 11.4. The van der Waals surface area contributed by atoms with Crippen LogP contribution in [0.25, 0.3) is 22.4 Å². The number of hydrogen-bond donors (Lipinski definition) is 3. The van der Waals surface area contributed by atoms with Crippen molar-refractivity contribution >= 4 is 16.9 Å². The van der Waals surface area contributed by atoms with E-state index in [-0.39, 0.29) is 16.4 Å². The molecule has 0 unspecified atom stereocenters. The highest BCUT2D eigenvalue weighted by molar-refractivity contribution is 6.02. The summed E-state index contributed by atoms with van der Waals surface area (Å²) in [7, 11) is 0. The summed E-state index contributed by atoms with van der Waals surface area (Å²) >= 11 is 0. The summed E-state index contributed by atoms with van der Waals surface area (Å²) in [4.78, 5) is 12.9. The van der Waals surface area contributed by atoms with Crippen molar-refractivity contribution < 1.29 is 5.11 Å². The molecule has 0 bridgehead atoms. The van der Waals surface area contributed by atoms with Gasteiger partial charge in [-0.3, -0.25) is 4.99 Å². The number of H-pyrrole nitrogens is 1. The molecule has 1 aromatic heterocycles. The second-order valence-electron chi connectivity index (χ2n) is 11.4. The summed E-state index contributed by atoms with van der Waals surface area (Å²) in [5.74, 6) is 1.89. The zero-order chi connectivity index (χ0) is 22.8. The van der Waals surface area contributed by atoms with Crippen LogP contribution in [0.4, 0.5) is 0 Å². The lowest BCUT2D eigenvalue weighted by Gasteiger charge is -2.27. The molecule has 3 N–H and O–H groups in total. The van der Waals surface area contributed by atoms with Crippen molar-refractivity contribution in [1.29, 1.82) is 0 Å². The number of benzene rings is 2. The number of nitrogens with zero attached hydrogens (tertiary/aromatic N) is 2. The molecule has 31 heavy (non-hydrogen) atoms. The Morgan fingerprint density at radius 2 is 1.68 bits per heavy atom. The van der Waals surface area contributed by atoms with E-state index in [9.17, 15) is 5.11 Å². The molecule has 1 aliphatic rings.